The van der Waals surface area contributed by atoms with Gasteiger partial charge < -0.3 is 10.4 Å². The van der Waals surface area contributed by atoms with Crippen molar-refractivity contribution in [2.75, 3.05) is 13.2 Å². The number of amides is 1. The standard InChI is InChI=1S/C17H21N3O2/c1-12-6-8-13(9-7-12)20-15-5-2-4-14(15)16(19-20)17(22)18-10-3-11-21/h6-9,21H,2-5,10-11H2,1H3,(H,18,22). The summed E-state index contributed by atoms with van der Waals surface area (Å²) < 4.78 is 1.91. The van der Waals surface area contributed by atoms with E-state index in [1.165, 1.54) is 5.56 Å². The number of carbonyl (C=O) groups excluding carboxylic acids is 1. The predicted octanol–water partition coefficient (Wildman–Crippen LogP) is 1.78. The molecule has 0 atom stereocenters. The summed E-state index contributed by atoms with van der Waals surface area (Å²) in [5.41, 5.74) is 4.96. The van der Waals surface area contributed by atoms with Gasteiger partial charge in [-0.15, -0.1) is 0 Å². The Balaban J connectivity index is 1.91. The average Bonchev–Trinajstić information content (AvgIpc) is 3.10. The van der Waals surface area contributed by atoms with Crippen LogP contribution in [-0.2, 0) is 12.8 Å². The Morgan fingerprint density at radius 3 is 2.82 bits per heavy atom. The number of aliphatic hydroxyl groups excluding tert-OH is 1. The maximum atomic E-state index is 12.3. The van der Waals surface area contributed by atoms with E-state index in [1.54, 1.807) is 0 Å². The largest absolute Gasteiger partial charge is 0.396 e. The summed E-state index contributed by atoms with van der Waals surface area (Å²) in [6.45, 7) is 2.61. The molecule has 1 aliphatic rings. The van der Waals surface area contributed by atoms with Gasteiger partial charge in [-0.05, 0) is 44.7 Å². The number of nitrogens with zero attached hydrogens (tertiary/aromatic N) is 2. The maximum Gasteiger partial charge on any atom is 0.272 e. The molecule has 0 spiro atoms. The minimum atomic E-state index is -0.141. The van der Waals surface area contributed by atoms with Crippen molar-refractivity contribution in [2.24, 2.45) is 0 Å². The molecule has 5 nitrogen and oxygen atoms in total. The van der Waals surface area contributed by atoms with Gasteiger partial charge in [-0.25, -0.2) is 4.68 Å². The molecule has 22 heavy (non-hydrogen) atoms. The van der Waals surface area contributed by atoms with Crippen LogP contribution in [0, 0.1) is 6.92 Å². The second-order valence-corrected chi connectivity index (χ2v) is 5.71. The number of aryl methyl sites for hydroxylation is 1. The Hall–Kier alpha value is -2.14. The highest BCUT2D eigenvalue weighted by atomic mass is 16.3. The van der Waals surface area contributed by atoms with Gasteiger partial charge in [0.1, 0.15) is 0 Å². The van der Waals surface area contributed by atoms with Gasteiger partial charge in [0.25, 0.3) is 5.91 Å². The van der Waals surface area contributed by atoms with E-state index in [9.17, 15) is 4.79 Å². The molecule has 2 N–H and O–H groups in total. The predicted molar refractivity (Wildman–Crippen MR) is 84.4 cm³/mol. The van der Waals surface area contributed by atoms with E-state index in [1.807, 2.05) is 16.8 Å². The van der Waals surface area contributed by atoms with Crippen molar-refractivity contribution in [2.45, 2.75) is 32.6 Å². The first kappa shape index (κ1) is 14.8. The SMILES string of the molecule is Cc1ccc(-n2nc(C(=O)NCCCO)c3c2CCC3)cc1. The zero-order chi connectivity index (χ0) is 15.5. The molecule has 0 saturated heterocycles. The first-order valence-electron chi connectivity index (χ1n) is 7.77. The lowest BCUT2D eigenvalue weighted by atomic mass is 10.2. The van der Waals surface area contributed by atoms with Crippen LogP contribution in [0.5, 0.6) is 0 Å². The number of hydrogen-bond acceptors (Lipinski definition) is 3. The van der Waals surface area contributed by atoms with E-state index in [2.05, 4.69) is 29.5 Å². The third kappa shape index (κ3) is 2.76. The Morgan fingerprint density at radius 2 is 2.09 bits per heavy atom. The Labute approximate surface area is 130 Å². The monoisotopic (exact) mass is 299 g/mol. The van der Waals surface area contributed by atoms with Crippen LogP contribution in [0.25, 0.3) is 5.69 Å². The summed E-state index contributed by atoms with van der Waals surface area (Å²) >= 11 is 0. The molecule has 1 heterocycles. The van der Waals surface area contributed by atoms with E-state index in [0.717, 1.165) is 36.2 Å². The molecule has 0 radical (unpaired) electrons. The summed E-state index contributed by atoms with van der Waals surface area (Å²) in [5, 5.41) is 16.2. The Kier molecular flexibility index (Phi) is 4.24. The van der Waals surface area contributed by atoms with Gasteiger partial charge in [-0.1, -0.05) is 17.7 Å². The molecule has 5 heteroatoms. The van der Waals surface area contributed by atoms with E-state index in [4.69, 9.17) is 5.11 Å². The van der Waals surface area contributed by atoms with Crippen molar-refractivity contribution in [3.8, 4) is 5.69 Å². The van der Waals surface area contributed by atoms with Crippen molar-refractivity contribution in [1.29, 1.82) is 0 Å². The van der Waals surface area contributed by atoms with Crippen molar-refractivity contribution in [1.82, 2.24) is 15.1 Å². The fourth-order valence-corrected chi connectivity index (χ4v) is 2.88. The molecule has 116 valence electrons. The maximum absolute atomic E-state index is 12.3. The van der Waals surface area contributed by atoms with Crippen molar-refractivity contribution in [3.05, 3.63) is 46.8 Å². The van der Waals surface area contributed by atoms with Crippen LogP contribution in [0.4, 0.5) is 0 Å². The van der Waals surface area contributed by atoms with Crippen LogP contribution in [-0.4, -0.2) is 33.9 Å². The summed E-state index contributed by atoms with van der Waals surface area (Å²) in [5.74, 6) is -0.141. The normalized spacial score (nSPS) is 13.2. The quantitative estimate of drug-likeness (QED) is 0.827. The molecule has 2 aromatic rings. The van der Waals surface area contributed by atoms with E-state index in [-0.39, 0.29) is 12.5 Å². The molecule has 0 saturated carbocycles. The lowest BCUT2D eigenvalue weighted by molar-refractivity contribution is 0.0945. The number of fused-ring (bicyclic) bond motifs is 1. The molecule has 1 aromatic carbocycles. The molecule has 0 bridgehead atoms. The smallest absolute Gasteiger partial charge is 0.272 e. The number of carbonyl (C=O) groups is 1. The van der Waals surface area contributed by atoms with Gasteiger partial charge >= 0.3 is 0 Å². The van der Waals surface area contributed by atoms with E-state index >= 15 is 0 Å². The third-order valence-electron chi connectivity index (χ3n) is 4.04. The zero-order valence-electron chi connectivity index (χ0n) is 12.8. The van der Waals surface area contributed by atoms with Crippen LogP contribution >= 0.6 is 0 Å². The molecule has 0 unspecified atom stereocenters. The van der Waals surface area contributed by atoms with Gasteiger partial charge in [0.15, 0.2) is 5.69 Å². The molecule has 0 aliphatic heterocycles. The molecule has 1 amide bonds. The zero-order valence-corrected chi connectivity index (χ0v) is 12.8. The van der Waals surface area contributed by atoms with Crippen molar-refractivity contribution in [3.63, 3.8) is 0 Å². The van der Waals surface area contributed by atoms with Gasteiger partial charge in [-0.3, -0.25) is 4.79 Å². The summed E-state index contributed by atoms with van der Waals surface area (Å²) in [7, 11) is 0. The summed E-state index contributed by atoms with van der Waals surface area (Å²) in [6.07, 6.45) is 3.49. The van der Waals surface area contributed by atoms with E-state index < -0.39 is 0 Å². The average molecular weight is 299 g/mol. The Morgan fingerprint density at radius 1 is 1.32 bits per heavy atom. The van der Waals surface area contributed by atoms with Crippen molar-refractivity contribution < 1.29 is 9.90 Å². The number of rotatable bonds is 5. The third-order valence-corrected chi connectivity index (χ3v) is 4.04. The lowest BCUT2D eigenvalue weighted by Crippen LogP contribution is -2.26. The lowest BCUT2D eigenvalue weighted by Gasteiger charge is -2.06. The van der Waals surface area contributed by atoms with Gasteiger partial charge in [0.2, 0.25) is 0 Å². The molecular formula is C17H21N3O2. The fourth-order valence-electron chi connectivity index (χ4n) is 2.88. The topological polar surface area (TPSA) is 67.2 Å². The van der Waals surface area contributed by atoms with Gasteiger partial charge in [0, 0.05) is 24.4 Å². The molecule has 1 aliphatic carbocycles. The second kappa shape index (κ2) is 6.32. The highest BCUT2D eigenvalue weighted by Gasteiger charge is 2.26. The first-order chi connectivity index (χ1) is 10.7. The number of hydrogen-bond donors (Lipinski definition) is 2. The number of aliphatic hydroxyl groups is 1. The summed E-state index contributed by atoms with van der Waals surface area (Å²) in [4.78, 5) is 12.3. The number of nitrogens with one attached hydrogen (secondary N) is 1. The highest BCUT2D eigenvalue weighted by molar-refractivity contribution is 5.94. The van der Waals surface area contributed by atoms with Crippen LogP contribution in [0.1, 0.15) is 40.2 Å². The van der Waals surface area contributed by atoms with Crippen molar-refractivity contribution >= 4 is 5.91 Å². The molecule has 0 fully saturated rings. The molecule has 3 rings (SSSR count). The van der Waals surface area contributed by atoms with Crippen LogP contribution < -0.4 is 5.32 Å². The Bertz CT molecular complexity index is 674. The minimum absolute atomic E-state index is 0.0796. The summed E-state index contributed by atoms with van der Waals surface area (Å²) in [6, 6.07) is 8.18. The van der Waals surface area contributed by atoms with E-state index in [0.29, 0.717) is 18.7 Å². The van der Waals surface area contributed by atoms with Crippen LogP contribution in [0.2, 0.25) is 0 Å². The molecular weight excluding hydrogens is 278 g/mol. The molecule has 1 aromatic heterocycles. The number of aromatic nitrogens is 2. The fraction of sp³-hybridized carbons (Fsp3) is 0.412. The number of benzene rings is 1. The highest BCUT2D eigenvalue weighted by Crippen LogP contribution is 2.27. The first-order valence-corrected chi connectivity index (χ1v) is 7.77. The van der Waals surface area contributed by atoms with Crippen LogP contribution in [0.15, 0.2) is 24.3 Å². The van der Waals surface area contributed by atoms with Crippen LogP contribution in [0.3, 0.4) is 0 Å². The van der Waals surface area contributed by atoms with Gasteiger partial charge in [-0.2, -0.15) is 5.10 Å². The van der Waals surface area contributed by atoms with Gasteiger partial charge in [0.05, 0.1) is 5.69 Å². The second-order valence-electron chi connectivity index (χ2n) is 5.71. The minimum Gasteiger partial charge on any atom is -0.396 e.